The first-order valence-corrected chi connectivity index (χ1v) is 10.6. The van der Waals surface area contributed by atoms with Crippen LogP contribution in [0.3, 0.4) is 0 Å². The van der Waals surface area contributed by atoms with E-state index < -0.39 is 0 Å². The summed E-state index contributed by atoms with van der Waals surface area (Å²) in [6.07, 6.45) is 1.10. The van der Waals surface area contributed by atoms with Crippen LogP contribution in [0.4, 0.5) is 5.00 Å². The number of aryl methyl sites for hydroxylation is 2. The molecular weight excluding hydrogens is 372 g/mol. The number of esters is 1. The van der Waals surface area contributed by atoms with Crippen molar-refractivity contribution in [3.05, 3.63) is 50.9 Å². The van der Waals surface area contributed by atoms with E-state index in [9.17, 15) is 9.59 Å². The Bertz CT molecular complexity index is 888. The summed E-state index contributed by atoms with van der Waals surface area (Å²) in [5.74, 6) is -0.449. The van der Waals surface area contributed by atoms with Crippen molar-refractivity contribution in [2.75, 3.05) is 25.0 Å². The van der Waals surface area contributed by atoms with Crippen LogP contribution in [0.2, 0.25) is 0 Å². The molecule has 0 saturated heterocycles. The molecule has 1 aromatic carbocycles. The Morgan fingerprint density at radius 2 is 2.04 bits per heavy atom. The summed E-state index contributed by atoms with van der Waals surface area (Å²) in [5.41, 5.74) is 4.86. The molecule has 28 heavy (non-hydrogen) atoms. The van der Waals surface area contributed by atoms with E-state index in [1.165, 1.54) is 16.9 Å². The average molecular weight is 401 g/mol. The van der Waals surface area contributed by atoms with Gasteiger partial charge in [0.25, 0.3) is 0 Å². The van der Waals surface area contributed by atoms with Gasteiger partial charge in [0.1, 0.15) is 5.00 Å². The zero-order valence-electron chi connectivity index (χ0n) is 17.1. The first kappa shape index (κ1) is 20.6. The quantitative estimate of drug-likeness (QED) is 0.742. The van der Waals surface area contributed by atoms with Crippen molar-refractivity contribution in [3.63, 3.8) is 0 Å². The van der Waals surface area contributed by atoms with E-state index in [0.29, 0.717) is 17.2 Å². The van der Waals surface area contributed by atoms with Gasteiger partial charge in [-0.05, 0) is 50.4 Å². The lowest BCUT2D eigenvalue weighted by atomic mass is 10.0. The number of ether oxygens (including phenoxy) is 1. The molecule has 0 saturated carbocycles. The molecule has 1 N–H and O–H groups in total. The SMILES string of the molecule is CCOC(=O)c1c(NC(=O)Cc2ccc(C)cc2C)sc2c1CCN(CC)C2. The van der Waals surface area contributed by atoms with E-state index in [4.69, 9.17) is 4.74 Å². The van der Waals surface area contributed by atoms with Crippen LogP contribution >= 0.6 is 11.3 Å². The van der Waals surface area contributed by atoms with E-state index >= 15 is 0 Å². The van der Waals surface area contributed by atoms with E-state index in [2.05, 4.69) is 23.2 Å². The fourth-order valence-corrected chi connectivity index (χ4v) is 4.92. The summed E-state index contributed by atoms with van der Waals surface area (Å²) in [6.45, 7) is 11.0. The average Bonchev–Trinajstić information content (AvgIpc) is 3.00. The summed E-state index contributed by atoms with van der Waals surface area (Å²) in [6, 6.07) is 6.09. The number of carbonyl (C=O) groups is 2. The first-order valence-electron chi connectivity index (χ1n) is 9.82. The summed E-state index contributed by atoms with van der Waals surface area (Å²) in [7, 11) is 0. The largest absolute Gasteiger partial charge is 0.462 e. The van der Waals surface area contributed by atoms with E-state index in [1.54, 1.807) is 6.92 Å². The molecule has 2 heterocycles. The van der Waals surface area contributed by atoms with Crippen LogP contribution in [-0.4, -0.2) is 36.5 Å². The lowest BCUT2D eigenvalue weighted by molar-refractivity contribution is -0.115. The first-order chi connectivity index (χ1) is 13.4. The Kier molecular flexibility index (Phi) is 6.52. The highest BCUT2D eigenvalue weighted by Crippen LogP contribution is 2.37. The second kappa shape index (κ2) is 8.88. The molecule has 3 rings (SSSR count). The smallest absolute Gasteiger partial charge is 0.341 e. The Balaban J connectivity index is 1.85. The maximum atomic E-state index is 12.7. The van der Waals surface area contributed by atoms with Crippen molar-refractivity contribution in [2.24, 2.45) is 0 Å². The van der Waals surface area contributed by atoms with Gasteiger partial charge in [-0.25, -0.2) is 4.79 Å². The standard InChI is InChI=1S/C22H28N2O3S/c1-5-24-10-9-17-18(13-24)28-21(20(17)22(26)27-6-2)23-19(25)12-16-8-7-14(3)11-15(16)4/h7-8,11H,5-6,9-10,12-13H2,1-4H3,(H,23,25). The highest BCUT2D eigenvalue weighted by molar-refractivity contribution is 7.17. The Morgan fingerprint density at radius 3 is 2.71 bits per heavy atom. The maximum absolute atomic E-state index is 12.7. The normalized spacial score (nSPS) is 13.9. The van der Waals surface area contributed by atoms with Gasteiger partial charge in [-0.1, -0.05) is 30.7 Å². The highest BCUT2D eigenvalue weighted by Gasteiger charge is 2.29. The molecule has 0 bridgehead atoms. The number of hydrogen-bond acceptors (Lipinski definition) is 5. The van der Waals surface area contributed by atoms with Gasteiger partial charge < -0.3 is 10.1 Å². The van der Waals surface area contributed by atoms with Gasteiger partial charge in [0, 0.05) is 18.0 Å². The highest BCUT2D eigenvalue weighted by atomic mass is 32.1. The number of likely N-dealkylation sites (N-methyl/N-ethyl adjacent to an activating group) is 1. The van der Waals surface area contributed by atoms with Crippen molar-refractivity contribution in [3.8, 4) is 0 Å². The van der Waals surface area contributed by atoms with Crippen LogP contribution in [0.25, 0.3) is 0 Å². The minimum absolute atomic E-state index is 0.108. The van der Waals surface area contributed by atoms with Crippen LogP contribution < -0.4 is 5.32 Å². The molecule has 0 radical (unpaired) electrons. The van der Waals surface area contributed by atoms with Crippen molar-refractivity contribution in [1.29, 1.82) is 0 Å². The molecule has 0 fully saturated rings. The van der Waals surface area contributed by atoms with Gasteiger partial charge in [-0.2, -0.15) is 0 Å². The van der Waals surface area contributed by atoms with Crippen molar-refractivity contribution in [1.82, 2.24) is 4.90 Å². The molecular formula is C22H28N2O3S. The van der Waals surface area contributed by atoms with Crippen LogP contribution in [0.5, 0.6) is 0 Å². The second-order valence-electron chi connectivity index (χ2n) is 7.20. The number of fused-ring (bicyclic) bond motifs is 1. The fourth-order valence-electron chi connectivity index (χ4n) is 3.62. The molecule has 0 unspecified atom stereocenters. The summed E-state index contributed by atoms with van der Waals surface area (Å²) in [5, 5.41) is 3.61. The minimum atomic E-state index is -0.341. The van der Waals surface area contributed by atoms with Crippen LogP contribution in [0.1, 0.15) is 51.3 Å². The number of anilines is 1. The van der Waals surface area contributed by atoms with Gasteiger partial charge >= 0.3 is 5.97 Å². The third kappa shape index (κ3) is 4.45. The molecule has 5 nitrogen and oxygen atoms in total. The predicted molar refractivity (Wildman–Crippen MR) is 113 cm³/mol. The number of thiophene rings is 1. The zero-order chi connectivity index (χ0) is 20.3. The lowest BCUT2D eigenvalue weighted by Crippen LogP contribution is -2.30. The van der Waals surface area contributed by atoms with Gasteiger partial charge in [0.15, 0.2) is 0 Å². The molecule has 1 aromatic heterocycles. The van der Waals surface area contributed by atoms with Gasteiger partial charge in [-0.3, -0.25) is 9.69 Å². The molecule has 6 heteroatoms. The van der Waals surface area contributed by atoms with E-state index in [0.717, 1.165) is 47.6 Å². The molecule has 1 amide bonds. The molecule has 0 spiro atoms. The summed E-state index contributed by atoms with van der Waals surface area (Å²) < 4.78 is 5.28. The Labute approximate surface area is 170 Å². The van der Waals surface area contributed by atoms with Gasteiger partial charge in [0.05, 0.1) is 18.6 Å². The number of carbonyl (C=O) groups excluding carboxylic acids is 2. The molecule has 0 aliphatic carbocycles. The molecule has 0 atom stereocenters. The van der Waals surface area contributed by atoms with Crippen LogP contribution in [0, 0.1) is 13.8 Å². The second-order valence-corrected chi connectivity index (χ2v) is 8.31. The van der Waals surface area contributed by atoms with Crippen molar-refractivity contribution < 1.29 is 14.3 Å². The number of nitrogens with zero attached hydrogens (tertiary/aromatic N) is 1. The minimum Gasteiger partial charge on any atom is -0.462 e. The maximum Gasteiger partial charge on any atom is 0.341 e. The van der Waals surface area contributed by atoms with E-state index in [-0.39, 0.29) is 18.3 Å². The molecule has 150 valence electrons. The molecule has 1 aliphatic rings. The van der Waals surface area contributed by atoms with E-state index in [1.807, 2.05) is 26.0 Å². The Hall–Kier alpha value is -2.18. The predicted octanol–water partition coefficient (Wildman–Crippen LogP) is 4.10. The number of amides is 1. The third-order valence-electron chi connectivity index (χ3n) is 5.16. The summed E-state index contributed by atoms with van der Waals surface area (Å²) in [4.78, 5) is 28.8. The molecule has 2 aromatic rings. The number of rotatable bonds is 6. The number of hydrogen-bond donors (Lipinski definition) is 1. The summed E-state index contributed by atoms with van der Waals surface area (Å²) >= 11 is 1.51. The lowest BCUT2D eigenvalue weighted by Gasteiger charge is -2.25. The third-order valence-corrected chi connectivity index (χ3v) is 6.30. The van der Waals surface area contributed by atoms with Crippen molar-refractivity contribution >= 4 is 28.2 Å². The fraction of sp³-hybridized carbons (Fsp3) is 0.455. The number of nitrogens with one attached hydrogen (secondary N) is 1. The Morgan fingerprint density at radius 1 is 1.25 bits per heavy atom. The zero-order valence-corrected chi connectivity index (χ0v) is 17.9. The van der Waals surface area contributed by atoms with Crippen molar-refractivity contribution in [2.45, 2.75) is 47.1 Å². The van der Waals surface area contributed by atoms with Gasteiger partial charge in [-0.15, -0.1) is 11.3 Å². The van der Waals surface area contributed by atoms with Crippen LogP contribution in [0.15, 0.2) is 18.2 Å². The molecule has 1 aliphatic heterocycles. The van der Waals surface area contributed by atoms with Gasteiger partial charge in [0.2, 0.25) is 5.91 Å². The van der Waals surface area contributed by atoms with Crippen LogP contribution in [-0.2, 0) is 28.9 Å². The topological polar surface area (TPSA) is 58.6 Å². The monoisotopic (exact) mass is 400 g/mol. The number of benzene rings is 1.